The smallest absolute Gasteiger partial charge is 0.345 e. The molecule has 190 valence electrons. The van der Waals surface area contributed by atoms with Crippen molar-refractivity contribution in [3.8, 4) is 23.3 Å². The first-order valence-electron chi connectivity index (χ1n) is 11.7. The molecule has 0 aromatic heterocycles. The molecule has 1 atom stereocenters. The van der Waals surface area contributed by atoms with Gasteiger partial charge in [0.2, 0.25) is 0 Å². The van der Waals surface area contributed by atoms with Gasteiger partial charge in [0, 0.05) is 6.61 Å². The van der Waals surface area contributed by atoms with E-state index in [2.05, 4.69) is 0 Å². The maximum Gasteiger partial charge on any atom is 0.345 e. The van der Waals surface area contributed by atoms with Crippen molar-refractivity contribution in [3.05, 3.63) is 88.4 Å². The zero-order valence-corrected chi connectivity index (χ0v) is 20.6. The molecule has 0 spiro atoms. The maximum absolute atomic E-state index is 12.6. The second-order valence-electron chi connectivity index (χ2n) is 8.17. The topological polar surface area (TPSA) is 107 Å². The Bertz CT molecular complexity index is 1270. The molecule has 3 aromatic carbocycles. The summed E-state index contributed by atoms with van der Waals surface area (Å²) >= 11 is 6.28. The van der Waals surface area contributed by atoms with E-state index in [0.717, 1.165) is 19.4 Å². The summed E-state index contributed by atoms with van der Waals surface area (Å²) < 4.78 is 26.9. The van der Waals surface area contributed by atoms with Crippen LogP contribution in [0.2, 0.25) is 5.02 Å². The van der Waals surface area contributed by atoms with Crippen LogP contribution in [0.25, 0.3) is 0 Å². The molecular formula is C28H24ClNO7. The zero-order valence-electron chi connectivity index (χ0n) is 19.9. The summed E-state index contributed by atoms with van der Waals surface area (Å²) in [6, 6.07) is 18.9. The van der Waals surface area contributed by atoms with E-state index in [9.17, 15) is 9.59 Å². The van der Waals surface area contributed by atoms with Crippen molar-refractivity contribution in [2.75, 3.05) is 26.4 Å². The number of carbonyl (C=O) groups is 2. The van der Waals surface area contributed by atoms with Crippen molar-refractivity contribution in [1.82, 2.24) is 0 Å². The van der Waals surface area contributed by atoms with Gasteiger partial charge in [-0.25, -0.2) is 9.59 Å². The largest absolute Gasteiger partial charge is 0.494 e. The Morgan fingerprint density at radius 3 is 2.16 bits per heavy atom. The van der Waals surface area contributed by atoms with Gasteiger partial charge in [-0.1, -0.05) is 11.6 Å². The third kappa shape index (κ3) is 8.05. The van der Waals surface area contributed by atoms with Gasteiger partial charge in [0.1, 0.15) is 23.4 Å². The molecule has 0 aliphatic carbocycles. The number of nitriles is 1. The third-order valence-corrected chi connectivity index (χ3v) is 5.63. The highest BCUT2D eigenvalue weighted by Gasteiger charge is 2.22. The van der Waals surface area contributed by atoms with Crippen molar-refractivity contribution in [3.63, 3.8) is 0 Å². The molecule has 1 saturated heterocycles. The molecule has 0 saturated carbocycles. The number of rotatable bonds is 12. The number of epoxide rings is 1. The first kappa shape index (κ1) is 26.2. The summed E-state index contributed by atoms with van der Waals surface area (Å²) in [5.74, 6) is -0.108. The highest BCUT2D eigenvalue weighted by atomic mass is 35.5. The molecule has 0 N–H and O–H groups in total. The van der Waals surface area contributed by atoms with E-state index in [1.54, 1.807) is 30.3 Å². The first-order valence-corrected chi connectivity index (χ1v) is 12.1. The highest BCUT2D eigenvalue weighted by molar-refractivity contribution is 6.33. The van der Waals surface area contributed by atoms with Crippen LogP contribution in [0, 0.1) is 11.3 Å². The normalized spacial score (nSPS) is 13.9. The van der Waals surface area contributed by atoms with Crippen LogP contribution >= 0.6 is 11.6 Å². The summed E-state index contributed by atoms with van der Waals surface area (Å²) in [6.07, 6.45) is 1.97. The molecule has 0 bridgehead atoms. The van der Waals surface area contributed by atoms with Gasteiger partial charge in [-0.3, -0.25) is 0 Å². The van der Waals surface area contributed by atoms with Crippen molar-refractivity contribution < 1.29 is 33.3 Å². The Morgan fingerprint density at radius 2 is 1.51 bits per heavy atom. The highest BCUT2D eigenvalue weighted by Crippen LogP contribution is 2.25. The van der Waals surface area contributed by atoms with Crippen molar-refractivity contribution in [2.45, 2.75) is 18.9 Å². The van der Waals surface area contributed by atoms with Crippen LogP contribution in [-0.2, 0) is 9.47 Å². The number of unbranched alkanes of at least 4 members (excludes halogenated alkanes) is 1. The molecule has 37 heavy (non-hydrogen) atoms. The number of hydrogen-bond donors (Lipinski definition) is 0. The standard InChI is InChI=1S/C28H24ClNO7/c29-26-15-23(34-14-2-1-13-33-17-24-18-35-24)11-12-25(26)28(32)37-22-9-5-20(6-10-22)27(31)36-21-7-3-19(16-30)4-8-21/h3-12,15,24H,1-2,13-14,17-18H2. The summed E-state index contributed by atoms with van der Waals surface area (Å²) in [5.41, 5.74) is 0.922. The number of ether oxygens (including phenoxy) is 5. The maximum atomic E-state index is 12.6. The van der Waals surface area contributed by atoms with Crippen LogP contribution in [-0.4, -0.2) is 44.5 Å². The summed E-state index contributed by atoms with van der Waals surface area (Å²) in [6.45, 7) is 2.60. The summed E-state index contributed by atoms with van der Waals surface area (Å²) in [4.78, 5) is 24.9. The fourth-order valence-electron chi connectivity index (χ4n) is 3.21. The van der Waals surface area contributed by atoms with Gasteiger partial charge in [0.15, 0.2) is 0 Å². The van der Waals surface area contributed by atoms with Crippen molar-refractivity contribution in [1.29, 1.82) is 5.26 Å². The second-order valence-corrected chi connectivity index (χ2v) is 8.57. The van der Waals surface area contributed by atoms with E-state index in [1.165, 1.54) is 36.4 Å². The van der Waals surface area contributed by atoms with Gasteiger partial charge in [-0.15, -0.1) is 0 Å². The number of esters is 2. The van der Waals surface area contributed by atoms with E-state index < -0.39 is 11.9 Å². The van der Waals surface area contributed by atoms with Crippen molar-refractivity contribution in [2.24, 2.45) is 0 Å². The minimum absolute atomic E-state index is 0.189. The molecule has 9 heteroatoms. The molecule has 3 aromatic rings. The fraction of sp³-hybridized carbons (Fsp3) is 0.250. The number of hydrogen-bond acceptors (Lipinski definition) is 8. The van der Waals surface area contributed by atoms with Crippen LogP contribution < -0.4 is 14.2 Å². The van der Waals surface area contributed by atoms with Crippen LogP contribution in [0.1, 0.15) is 39.1 Å². The minimum atomic E-state index is -0.638. The molecule has 1 unspecified atom stereocenters. The Labute approximate surface area is 219 Å². The average molecular weight is 522 g/mol. The van der Waals surface area contributed by atoms with Crippen LogP contribution in [0.15, 0.2) is 66.7 Å². The number of benzene rings is 3. The predicted octanol–water partition coefficient (Wildman–Crippen LogP) is 5.22. The van der Waals surface area contributed by atoms with Crippen molar-refractivity contribution >= 4 is 23.5 Å². The van der Waals surface area contributed by atoms with Gasteiger partial charge in [0.25, 0.3) is 0 Å². The first-order chi connectivity index (χ1) is 18.0. The molecule has 1 aliphatic rings. The minimum Gasteiger partial charge on any atom is -0.494 e. The molecule has 0 radical (unpaired) electrons. The Balaban J connectivity index is 1.23. The van der Waals surface area contributed by atoms with Gasteiger partial charge < -0.3 is 23.7 Å². The monoisotopic (exact) mass is 521 g/mol. The van der Waals surface area contributed by atoms with E-state index in [1.807, 2.05) is 6.07 Å². The van der Waals surface area contributed by atoms with Crippen LogP contribution in [0.4, 0.5) is 0 Å². The lowest BCUT2D eigenvalue weighted by molar-refractivity contribution is 0.0730. The van der Waals surface area contributed by atoms with E-state index in [-0.39, 0.29) is 28.0 Å². The number of carbonyl (C=O) groups excluding carboxylic acids is 2. The summed E-state index contributed by atoms with van der Waals surface area (Å²) in [5, 5.41) is 9.05. The lowest BCUT2D eigenvalue weighted by atomic mass is 10.2. The van der Waals surface area contributed by atoms with E-state index in [0.29, 0.717) is 36.9 Å². The molecule has 0 amide bonds. The molecule has 4 rings (SSSR count). The lowest BCUT2D eigenvalue weighted by Gasteiger charge is -2.10. The Kier molecular flexibility index (Phi) is 9.11. The summed E-state index contributed by atoms with van der Waals surface area (Å²) in [7, 11) is 0. The van der Waals surface area contributed by atoms with Gasteiger partial charge in [-0.2, -0.15) is 5.26 Å². The fourth-order valence-corrected chi connectivity index (χ4v) is 3.46. The quantitative estimate of drug-likeness (QED) is 0.138. The molecule has 1 aliphatic heterocycles. The number of halogens is 1. The van der Waals surface area contributed by atoms with Gasteiger partial charge in [0.05, 0.1) is 47.6 Å². The molecule has 1 heterocycles. The molecular weight excluding hydrogens is 498 g/mol. The zero-order chi connectivity index (χ0) is 26.0. The third-order valence-electron chi connectivity index (χ3n) is 5.31. The Hall–Kier alpha value is -3.90. The van der Waals surface area contributed by atoms with E-state index >= 15 is 0 Å². The molecule has 8 nitrogen and oxygen atoms in total. The number of nitrogens with zero attached hydrogens (tertiary/aromatic N) is 1. The lowest BCUT2D eigenvalue weighted by Crippen LogP contribution is -2.11. The van der Waals surface area contributed by atoms with Gasteiger partial charge >= 0.3 is 11.9 Å². The van der Waals surface area contributed by atoms with Crippen LogP contribution in [0.5, 0.6) is 17.2 Å². The molecule has 1 fully saturated rings. The van der Waals surface area contributed by atoms with Gasteiger partial charge in [-0.05, 0) is 79.6 Å². The second kappa shape index (κ2) is 12.9. The SMILES string of the molecule is N#Cc1ccc(OC(=O)c2ccc(OC(=O)c3ccc(OCCCCOCC4CO4)cc3Cl)cc2)cc1. The van der Waals surface area contributed by atoms with Crippen LogP contribution in [0.3, 0.4) is 0 Å². The Morgan fingerprint density at radius 1 is 0.892 bits per heavy atom. The predicted molar refractivity (Wildman–Crippen MR) is 134 cm³/mol. The van der Waals surface area contributed by atoms with E-state index in [4.69, 9.17) is 40.5 Å². The average Bonchev–Trinajstić information content (AvgIpc) is 3.73.